The van der Waals surface area contributed by atoms with Crippen molar-refractivity contribution in [3.8, 4) is 0 Å². The van der Waals surface area contributed by atoms with Crippen molar-refractivity contribution < 1.29 is 8.42 Å². The molecule has 0 unspecified atom stereocenters. The molecule has 0 spiro atoms. The molecule has 1 fully saturated rings. The minimum absolute atomic E-state index is 0.196. The first-order chi connectivity index (χ1) is 5.52. The second-order valence-electron chi connectivity index (χ2n) is 4.03. The average molecular weight is 190 g/mol. The summed E-state index contributed by atoms with van der Waals surface area (Å²) in [6.07, 6.45) is 4.68. The van der Waals surface area contributed by atoms with Crippen LogP contribution in [0.3, 0.4) is 0 Å². The Labute approximate surface area is 75.3 Å². The largest absolute Gasteiger partial charge is 0.229 e. The van der Waals surface area contributed by atoms with Crippen molar-refractivity contribution in [2.24, 2.45) is 5.92 Å². The molecule has 0 atom stereocenters. The molecule has 0 aromatic carbocycles. The van der Waals surface area contributed by atoms with Gasteiger partial charge in [0.05, 0.1) is 11.0 Å². The summed E-state index contributed by atoms with van der Waals surface area (Å²) in [6, 6.07) is 0. The van der Waals surface area contributed by atoms with E-state index in [-0.39, 0.29) is 5.25 Å². The van der Waals surface area contributed by atoms with Gasteiger partial charge in [0.2, 0.25) is 0 Å². The molecule has 0 aliphatic heterocycles. The summed E-state index contributed by atoms with van der Waals surface area (Å²) >= 11 is 0. The summed E-state index contributed by atoms with van der Waals surface area (Å²) in [4.78, 5) is 0. The molecule has 0 aromatic rings. The normalized spacial score (nSPS) is 20.6. The van der Waals surface area contributed by atoms with Crippen LogP contribution in [0.4, 0.5) is 0 Å². The van der Waals surface area contributed by atoms with Gasteiger partial charge in [-0.2, -0.15) is 0 Å². The van der Waals surface area contributed by atoms with E-state index >= 15 is 0 Å². The van der Waals surface area contributed by atoms with Gasteiger partial charge in [-0.1, -0.05) is 12.8 Å². The Hall–Kier alpha value is -0.0500. The molecule has 1 saturated carbocycles. The Morgan fingerprint density at radius 2 is 1.75 bits per heavy atom. The summed E-state index contributed by atoms with van der Waals surface area (Å²) in [5, 5.41) is -0.196. The highest BCUT2D eigenvalue weighted by atomic mass is 32.2. The zero-order valence-corrected chi connectivity index (χ0v) is 8.73. The van der Waals surface area contributed by atoms with Crippen molar-refractivity contribution in [2.45, 2.75) is 44.8 Å². The molecule has 0 amide bonds. The SMILES string of the molecule is CC(C)S(=O)(=O)CC1CCCC1. The predicted molar refractivity (Wildman–Crippen MR) is 50.9 cm³/mol. The molecule has 0 heterocycles. The van der Waals surface area contributed by atoms with Crippen LogP contribution < -0.4 is 0 Å². The lowest BCUT2D eigenvalue weighted by Gasteiger charge is -2.11. The monoisotopic (exact) mass is 190 g/mol. The van der Waals surface area contributed by atoms with Gasteiger partial charge in [0.1, 0.15) is 0 Å². The van der Waals surface area contributed by atoms with Crippen LogP contribution in [0.25, 0.3) is 0 Å². The van der Waals surface area contributed by atoms with Crippen LogP contribution in [-0.2, 0) is 9.84 Å². The molecule has 1 aliphatic carbocycles. The fourth-order valence-corrected chi connectivity index (χ4v) is 3.07. The van der Waals surface area contributed by atoms with Crippen LogP contribution in [0, 0.1) is 5.92 Å². The van der Waals surface area contributed by atoms with E-state index in [1.54, 1.807) is 13.8 Å². The van der Waals surface area contributed by atoms with E-state index in [2.05, 4.69) is 0 Å². The second kappa shape index (κ2) is 3.77. The fraction of sp³-hybridized carbons (Fsp3) is 1.00. The molecular weight excluding hydrogens is 172 g/mol. The predicted octanol–water partition coefficient (Wildman–Crippen LogP) is 2.00. The highest BCUT2D eigenvalue weighted by Crippen LogP contribution is 2.26. The van der Waals surface area contributed by atoms with E-state index in [1.807, 2.05) is 0 Å². The van der Waals surface area contributed by atoms with Crippen LogP contribution in [-0.4, -0.2) is 19.4 Å². The lowest BCUT2D eigenvalue weighted by atomic mass is 10.1. The quantitative estimate of drug-likeness (QED) is 0.682. The van der Waals surface area contributed by atoms with Gasteiger partial charge in [0.25, 0.3) is 0 Å². The molecule has 1 rings (SSSR count). The standard InChI is InChI=1S/C9H18O2S/c1-8(2)12(10,11)7-9-5-3-4-6-9/h8-9H,3-7H2,1-2H3. The number of rotatable bonds is 3. The van der Waals surface area contributed by atoms with Crippen LogP contribution in [0.5, 0.6) is 0 Å². The Balaban J connectivity index is 2.49. The smallest absolute Gasteiger partial charge is 0.152 e. The van der Waals surface area contributed by atoms with Crippen molar-refractivity contribution in [1.82, 2.24) is 0 Å². The second-order valence-corrected chi connectivity index (χ2v) is 6.63. The third-order valence-corrected chi connectivity index (χ3v) is 5.03. The Morgan fingerprint density at radius 1 is 1.25 bits per heavy atom. The maximum atomic E-state index is 11.5. The summed E-state index contributed by atoms with van der Waals surface area (Å²) in [5.41, 5.74) is 0. The zero-order valence-electron chi connectivity index (χ0n) is 7.91. The van der Waals surface area contributed by atoms with E-state index in [4.69, 9.17) is 0 Å². The summed E-state index contributed by atoms with van der Waals surface area (Å²) in [6.45, 7) is 3.54. The molecule has 12 heavy (non-hydrogen) atoms. The van der Waals surface area contributed by atoms with Crippen molar-refractivity contribution in [3.63, 3.8) is 0 Å². The topological polar surface area (TPSA) is 34.1 Å². The lowest BCUT2D eigenvalue weighted by molar-refractivity contribution is 0.552. The van der Waals surface area contributed by atoms with E-state index < -0.39 is 9.84 Å². The molecule has 0 N–H and O–H groups in total. The van der Waals surface area contributed by atoms with Gasteiger partial charge in [0.15, 0.2) is 9.84 Å². The van der Waals surface area contributed by atoms with E-state index in [1.165, 1.54) is 12.8 Å². The van der Waals surface area contributed by atoms with Crippen molar-refractivity contribution in [3.05, 3.63) is 0 Å². The van der Waals surface area contributed by atoms with Gasteiger partial charge in [-0.25, -0.2) is 8.42 Å². The van der Waals surface area contributed by atoms with E-state index in [0.29, 0.717) is 11.7 Å². The molecule has 0 aromatic heterocycles. The summed E-state index contributed by atoms with van der Waals surface area (Å²) in [7, 11) is -2.78. The van der Waals surface area contributed by atoms with Crippen molar-refractivity contribution in [2.75, 3.05) is 5.75 Å². The fourth-order valence-electron chi connectivity index (χ4n) is 1.70. The first-order valence-corrected chi connectivity index (χ1v) is 6.45. The highest BCUT2D eigenvalue weighted by molar-refractivity contribution is 7.91. The molecule has 0 bridgehead atoms. The van der Waals surface area contributed by atoms with Gasteiger partial charge in [0, 0.05) is 0 Å². The van der Waals surface area contributed by atoms with Crippen molar-refractivity contribution in [1.29, 1.82) is 0 Å². The van der Waals surface area contributed by atoms with Crippen LogP contribution in [0.15, 0.2) is 0 Å². The Morgan fingerprint density at radius 3 is 2.17 bits per heavy atom. The highest BCUT2D eigenvalue weighted by Gasteiger charge is 2.24. The minimum atomic E-state index is -2.78. The molecule has 1 aliphatic rings. The van der Waals surface area contributed by atoms with Crippen LogP contribution in [0.1, 0.15) is 39.5 Å². The molecule has 72 valence electrons. The van der Waals surface area contributed by atoms with Gasteiger partial charge >= 0.3 is 0 Å². The van der Waals surface area contributed by atoms with Gasteiger partial charge in [-0.05, 0) is 32.6 Å². The van der Waals surface area contributed by atoms with E-state index in [9.17, 15) is 8.42 Å². The lowest BCUT2D eigenvalue weighted by Crippen LogP contribution is -2.22. The van der Waals surface area contributed by atoms with Gasteiger partial charge in [-0.15, -0.1) is 0 Å². The average Bonchev–Trinajstić information content (AvgIpc) is 2.38. The maximum Gasteiger partial charge on any atom is 0.152 e. The Kier molecular flexibility index (Phi) is 3.16. The summed E-state index contributed by atoms with van der Waals surface area (Å²) in [5.74, 6) is 0.877. The number of hydrogen-bond acceptors (Lipinski definition) is 2. The first-order valence-electron chi connectivity index (χ1n) is 4.74. The van der Waals surface area contributed by atoms with Gasteiger partial charge < -0.3 is 0 Å². The van der Waals surface area contributed by atoms with E-state index in [0.717, 1.165) is 12.8 Å². The van der Waals surface area contributed by atoms with Crippen molar-refractivity contribution >= 4 is 9.84 Å². The van der Waals surface area contributed by atoms with Crippen LogP contribution in [0.2, 0.25) is 0 Å². The minimum Gasteiger partial charge on any atom is -0.229 e. The molecule has 0 saturated heterocycles. The third-order valence-electron chi connectivity index (χ3n) is 2.66. The third kappa shape index (κ3) is 2.47. The Bertz CT molecular complexity index is 223. The summed E-state index contributed by atoms with van der Waals surface area (Å²) < 4.78 is 23.0. The molecule has 2 nitrogen and oxygen atoms in total. The molecule has 3 heteroatoms. The number of hydrogen-bond donors (Lipinski definition) is 0. The first kappa shape index (κ1) is 10.0. The van der Waals surface area contributed by atoms with Gasteiger partial charge in [-0.3, -0.25) is 0 Å². The number of sulfone groups is 1. The molecule has 0 radical (unpaired) electrons. The van der Waals surface area contributed by atoms with Crippen LogP contribution >= 0.6 is 0 Å². The molecular formula is C9H18O2S. The zero-order chi connectivity index (χ0) is 9.19. The maximum absolute atomic E-state index is 11.5.